The van der Waals surface area contributed by atoms with Crippen molar-refractivity contribution in [3.8, 4) is 0 Å². The third-order valence-corrected chi connectivity index (χ3v) is 2.75. The summed E-state index contributed by atoms with van der Waals surface area (Å²) in [5.74, 6) is 0.00703. The van der Waals surface area contributed by atoms with Crippen LogP contribution in [0.15, 0.2) is 24.3 Å². The zero-order valence-electron chi connectivity index (χ0n) is 9.07. The molecule has 0 unspecified atom stereocenters. The molecule has 1 atom stereocenters. The van der Waals surface area contributed by atoms with Crippen LogP contribution in [0.5, 0.6) is 0 Å². The smallest absolute Gasteiger partial charge is 0.241 e. The van der Waals surface area contributed by atoms with Gasteiger partial charge in [0.25, 0.3) is 0 Å². The summed E-state index contributed by atoms with van der Waals surface area (Å²) in [6, 6.07) is 7.18. The molecule has 3 N–H and O–H groups in total. The zero-order valence-corrected chi connectivity index (χ0v) is 9.07. The molecule has 0 aliphatic carbocycles. The number of hydrogen-bond acceptors (Lipinski definition) is 3. The highest BCUT2D eigenvalue weighted by atomic mass is 16.3. The number of amides is 1. The van der Waals surface area contributed by atoms with Gasteiger partial charge in [-0.2, -0.15) is 0 Å². The van der Waals surface area contributed by atoms with Gasteiger partial charge in [-0.1, -0.05) is 12.1 Å². The Balaban J connectivity index is 1.99. The first kappa shape index (κ1) is 11.1. The Morgan fingerprint density at radius 1 is 1.56 bits per heavy atom. The fraction of sp³-hybridized carbons (Fsp3) is 0.417. The van der Waals surface area contributed by atoms with E-state index in [1.54, 1.807) is 6.07 Å². The average Bonchev–Trinajstić information content (AvgIpc) is 2.83. The SMILES string of the molecule is O=C(Nc1cccc(CO)c1)[C@H]1CCCN1. The number of benzene rings is 1. The maximum absolute atomic E-state index is 11.8. The van der Waals surface area contributed by atoms with Crippen LogP contribution < -0.4 is 10.6 Å². The molecular weight excluding hydrogens is 204 g/mol. The van der Waals surface area contributed by atoms with Crippen molar-refractivity contribution >= 4 is 11.6 Å². The number of carbonyl (C=O) groups excluding carboxylic acids is 1. The Labute approximate surface area is 94.7 Å². The third-order valence-electron chi connectivity index (χ3n) is 2.75. The maximum Gasteiger partial charge on any atom is 0.241 e. The van der Waals surface area contributed by atoms with Crippen LogP contribution in [0.25, 0.3) is 0 Å². The van der Waals surface area contributed by atoms with Crippen LogP contribution in [0.4, 0.5) is 5.69 Å². The van der Waals surface area contributed by atoms with Gasteiger partial charge in [0.2, 0.25) is 5.91 Å². The molecular formula is C12H16N2O2. The molecule has 16 heavy (non-hydrogen) atoms. The highest BCUT2D eigenvalue weighted by Gasteiger charge is 2.21. The van der Waals surface area contributed by atoms with Crippen LogP contribution in [0.1, 0.15) is 18.4 Å². The topological polar surface area (TPSA) is 61.4 Å². The molecule has 0 radical (unpaired) electrons. The highest BCUT2D eigenvalue weighted by Crippen LogP contribution is 2.13. The van der Waals surface area contributed by atoms with Crippen molar-refractivity contribution in [3.63, 3.8) is 0 Å². The van der Waals surface area contributed by atoms with E-state index < -0.39 is 0 Å². The second-order valence-corrected chi connectivity index (χ2v) is 4.00. The highest BCUT2D eigenvalue weighted by molar-refractivity contribution is 5.95. The average molecular weight is 220 g/mol. The Morgan fingerprint density at radius 2 is 2.44 bits per heavy atom. The number of anilines is 1. The molecule has 1 aromatic rings. The van der Waals surface area contributed by atoms with Gasteiger partial charge in [0.15, 0.2) is 0 Å². The van der Waals surface area contributed by atoms with Crippen LogP contribution in [-0.2, 0) is 11.4 Å². The quantitative estimate of drug-likeness (QED) is 0.708. The van der Waals surface area contributed by atoms with Gasteiger partial charge in [0, 0.05) is 5.69 Å². The fourth-order valence-electron chi connectivity index (χ4n) is 1.89. The van der Waals surface area contributed by atoms with Crippen molar-refractivity contribution in [2.24, 2.45) is 0 Å². The molecule has 1 aliphatic heterocycles. The van der Waals surface area contributed by atoms with E-state index in [1.165, 1.54) is 0 Å². The van der Waals surface area contributed by atoms with Crippen molar-refractivity contribution in [1.29, 1.82) is 0 Å². The van der Waals surface area contributed by atoms with E-state index in [0.29, 0.717) is 0 Å². The van der Waals surface area contributed by atoms with E-state index in [1.807, 2.05) is 18.2 Å². The van der Waals surface area contributed by atoms with Crippen molar-refractivity contribution in [2.45, 2.75) is 25.5 Å². The molecule has 1 fully saturated rings. The zero-order chi connectivity index (χ0) is 11.4. The van der Waals surface area contributed by atoms with Gasteiger partial charge < -0.3 is 15.7 Å². The first-order chi connectivity index (χ1) is 7.79. The fourth-order valence-corrected chi connectivity index (χ4v) is 1.89. The molecule has 86 valence electrons. The summed E-state index contributed by atoms with van der Waals surface area (Å²) in [4.78, 5) is 11.8. The van der Waals surface area contributed by atoms with Gasteiger partial charge >= 0.3 is 0 Å². The summed E-state index contributed by atoms with van der Waals surface area (Å²) in [7, 11) is 0. The van der Waals surface area contributed by atoms with Crippen molar-refractivity contribution in [3.05, 3.63) is 29.8 Å². The number of aliphatic hydroxyl groups is 1. The second kappa shape index (κ2) is 5.09. The Hall–Kier alpha value is -1.39. The summed E-state index contributed by atoms with van der Waals surface area (Å²) in [5.41, 5.74) is 1.54. The number of hydrogen-bond donors (Lipinski definition) is 3. The van der Waals surface area contributed by atoms with E-state index in [4.69, 9.17) is 5.11 Å². The van der Waals surface area contributed by atoms with Gasteiger partial charge in [0.05, 0.1) is 12.6 Å². The van der Waals surface area contributed by atoms with Crippen LogP contribution in [0.3, 0.4) is 0 Å². The standard InChI is InChI=1S/C12H16N2O2/c15-8-9-3-1-4-10(7-9)14-12(16)11-5-2-6-13-11/h1,3-4,7,11,13,15H,2,5-6,8H2,(H,14,16)/t11-/m1/s1. The molecule has 0 bridgehead atoms. The number of aliphatic hydroxyl groups excluding tert-OH is 1. The normalized spacial score (nSPS) is 19.7. The molecule has 1 aromatic carbocycles. The summed E-state index contributed by atoms with van der Waals surface area (Å²) >= 11 is 0. The second-order valence-electron chi connectivity index (χ2n) is 4.00. The predicted octanol–water partition coefficient (Wildman–Crippen LogP) is 0.869. The minimum Gasteiger partial charge on any atom is -0.392 e. The minimum atomic E-state index is -0.0715. The summed E-state index contributed by atoms with van der Waals surface area (Å²) < 4.78 is 0. The maximum atomic E-state index is 11.8. The van der Waals surface area contributed by atoms with E-state index in [9.17, 15) is 4.79 Å². The molecule has 4 heteroatoms. The predicted molar refractivity (Wildman–Crippen MR) is 62.0 cm³/mol. The molecule has 4 nitrogen and oxygen atoms in total. The van der Waals surface area contributed by atoms with Crippen LogP contribution in [0.2, 0.25) is 0 Å². The molecule has 1 aliphatic rings. The van der Waals surface area contributed by atoms with Crippen molar-refractivity contribution in [1.82, 2.24) is 5.32 Å². The molecule has 2 rings (SSSR count). The molecule has 1 amide bonds. The summed E-state index contributed by atoms with van der Waals surface area (Å²) in [6.45, 7) is 0.903. The van der Waals surface area contributed by atoms with E-state index in [0.717, 1.165) is 30.6 Å². The largest absolute Gasteiger partial charge is 0.392 e. The first-order valence-electron chi connectivity index (χ1n) is 5.53. The van der Waals surface area contributed by atoms with Crippen LogP contribution >= 0.6 is 0 Å². The van der Waals surface area contributed by atoms with Gasteiger partial charge in [-0.3, -0.25) is 4.79 Å². The lowest BCUT2D eigenvalue weighted by molar-refractivity contribution is -0.117. The number of rotatable bonds is 3. The molecule has 1 saturated heterocycles. The van der Waals surface area contributed by atoms with Crippen molar-refractivity contribution < 1.29 is 9.90 Å². The molecule has 0 aromatic heterocycles. The lowest BCUT2D eigenvalue weighted by Gasteiger charge is -2.11. The van der Waals surface area contributed by atoms with E-state index in [-0.39, 0.29) is 18.6 Å². The molecule has 0 spiro atoms. The lowest BCUT2D eigenvalue weighted by Crippen LogP contribution is -2.35. The monoisotopic (exact) mass is 220 g/mol. The molecule has 1 heterocycles. The van der Waals surface area contributed by atoms with Crippen molar-refractivity contribution in [2.75, 3.05) is 11.9 Å². The Bertz CT molecular complexity index is 373. The van der Waals surface area contributed by atoms with E-state index in [2.05, 4.69) is 10.6 Å². The Kier molecular flexibility index (Phi) is 3.54. The van der Waals surface area contributed by atoms with Gasteiger partial charge in [-0.15, -0.1) is 0 Å². The summed E-state index contributed by atoms with van der Waals surface area (Å²) in [5, 5.41) is 15.0. The minimum absolute atomic E-state index is 0.00703. The Morgan fingerprint density at radius 3 is 3.12 bits per heavy atom. The van der Waals surface area contributed by atoms with Gasteiger partial charge in [-0.05, 0) is 37.1 Å². The number of carbonyl (C=O) groups is 1. The number of nitrogens with one attached hydrogen (secondary N) is 2. The molecule has 0 saturated carbocycles. The third kappa shape index (κ3) is 2.59. The van der Waals surface area contributed by atoms with E-state index >= 15 is 0 Å². The lowest BCUT2D eigenvalue weighted by atomic mass is 10.2. The van der Waals surface area contributed by atoms with Crippen LogP contribution in [0, 0.1) is 0 Å². The summed E-state index contributed by atoms with van der Waals surface area (Å²) in [6.07, 6.45) is 1.94. The van der Waals surface area contributed by atoms with Crippen LogP contribution in [-0.4, -0.2) is 23.6 Å². The van der Waals surface area contributed by atoms with Gasteiger partial charge in [-0.25, -0.2) is 0 Å². The first-order valence-corrected chi connectivity index (χ1v) is 5.53. The van der Waals surface area contributed by atoms with Gasteiger partial charge in [0.1, 0.15) is 0 Å².